The highest BCUT2D eigenvalue weighted by molar-refractivity contribution is 5.86. The summed E-state index contributed by atoms with van der Waals surface area (Å²) < 4.78 is 5.23. The molecule has 24 heavy (non-hydrogen) atoms. The van der Waals surface area contributed by atoms with E-state index < -0.39 is 29.6 Å². The Hall–Kier alpha value is -1.79. The Morgan fingerprint density at radius 3 is 2.17 bits per heavy atom. The summed E-state index contributed by atoms with van der Waals surface area (Å²) in [5.41, 5.74) is -0.637. The molecule has 1 fully saturated rings. The van der Waals surface area contributed by atoms with Crippen LogP contribution in [-0.2, 0) is 14.3 Å². The molecule has 0 saturated carbocycles. The Bertz CT molecular complexity index is 462. The molecule has 0 aromatic heterocycles. The average Bonchev–Trinajstić information content (AvgIpc) is 2.43. The molecule has 1 heterocycles. The number of carboxylic acid groups (broad SMARTS) is 1. The summed E-state index contributed by atoms with van der Waals surface area (Å²) in [6.45, 7) is 9.95. The lowest BCUT2D eigenvalue weighted by Gasteiger charge is -2.35. The minimum Gasteiger partial charge on any atom is -0.550 e. The molecule has 0 bridgehead atoms. The molecule has 138 valence electrons. The van der Waals surface area contributed by atoms with Gasteiger partial charge in [-0.2, -0.15) is 0 Å². The third kappa shape index (κ3) is 6.76. The lowest BCUT2D eigenvalue weighted by Crippen LogP contribution is -2.53. The molecule has 0 aliphatic carbocycles. The third-order valence-electron chi connectivity index (χ3n) is 3.84. The van der Waals surface area contributed by atoms with E-state index in [0.717, 1.165) is 0 Å². The van der Waals surface area contributed by atoms with Crippen LogP contribution in [-0.4, -0.2) is 47.6 Å². The number of carbonyl (C=O) groups excluding carboxylic acids is 3. The van der Waals surface area contributed by atoms with Gasteiger partial charge in [0, 0.05) is 25.0 Å². The van der Waals surface area contributed by atoms with Gasteiger partial charge < -0.3 is 24.9 Å². The molecule has 0 unspecified atom stereocenters. The predicted molar refractivity (Wildman–Crippen MR) is 86.9 cm³/mol. The maximum Gasteiger partial charge on any atom is 0.408 e. The van der Waals surface area contributed by atoms with Crippen LogP contribution in [0.3, 0.4) is 0 Å². The highest BCUT2D eigenvalue weighted by atomic mass is 16.6. The number of aliphatic carboxylic acids is 1. The van der Waals surface area contributed by atoms with Gasteiger partial charge in [0.2, 0.25) is 5.91 Å². The fraction of sp³-hybridized carbons (Fsp3) is 0.824. The van der Waals surface area contributed by atoms with E-state index in [2.05, 4.69) is 5.32 Å². The molecule has 0 aromatic carbocycles. The minimum atomic E-state index is -1.06. The molecule has 7 nitrogen and oxygen atoms in total. The van der Waals surface area contributed by atoms with Crippen LogP contribution in [0.15, 0.2) is 0 Å². The smallest absolute Gasteiger partial charge is 0.408 e. The van der Waals surface area contributed by atoms with Crippen molar-refractivity contribution < 1.29 is 24.2 Å². The molecule has 7 heteroatoms. The van der Waals surface area contributed by atoms with Crippen LogP contribution in [0.25, 0.3) is 0 Å². The first kappa shape index (κ1) is 20.3. The van der Waals surface area contributed by atoms with Gasteiger partial charge in [0.05, 0.1) is 0 Å². The van der Waals surface area contributed by atoms with E-state index in [9.17, 15) is 19.5 Å². The summed E-state index contributed by atoms with van der Waals surface area (Å²) in [4.78, 5) is 37.2. The van der Waals surface area contributed by atoms with E-state index in [1.54, 1.807) is 25.7 Å². The van der Waals surface area contributed by atoms with Gasteiger partial charge in [-0.1, -0.05) is 13.8 Å². The van der Waals surface area contributed by atoms with Crippen molar-refractivity contribution in [2.24, 2.45) is 11.8 Å². The second kappa shape index (κ2) is 8.35. The van der Waals surface area contributed by atoms with Crippen LogP contribution in [0.4, 0.5) is 4.79 Å². The molecule has 1 aliphatic heterocycles. The van der Waals surface area contributed by atoms with Crippen LogP contribution in [0.2, 0.25) is 0 Å². The Morgan fingerprint density at radius 1 is 1.21 bits per heavy atom. The summed E-state index contributed by atoms with van der Waals surface area (Å²) in [6.07, 6.45) is 0.647. The van der Waals surface area contributed by atoms with Crippen LogP contribution in [0, 0.1) is 11.8 Å². The van der Waals surface area contributed by atoms with Gasteiger partial charge in [0.1, 0.15) is 11.6 Å². The Balaban J connectivity index is 2.68. The molecule has 1 rings (SSSR count). The first-order chi connectivity index (χ1) is 11.0. The standard InChI is InChI=1S/C17H30N2O5/c1-11(2)10-13(18-16(23)24-17(3,4)5)14(20)19-8-6-12(7-9-19)15(21)22/h11-13H,6-10H2,1-5H3,(H,18,23)(H,21,22)/p-1/t13-/m1/s1. The van der Waals surface area contributed by atoms with E-state index in [1.165, 1.54) is 0 Å². The molecule has 2 amide bonds. The van der Waals surface area contributed by atoms with Crippen molar-refractivity contribution >= 4 is 18.0 Å². The lowest BCUT2D eigenvalue weighted by atomic mass is 9.95. The molecule has 1 aliphatic rings. The number of piperidine rings is 1. The zero-order valence-corrected chi connectivity index (χ0v) is 15.3. The minimum absolute atomic E-state index is 0.189. The highest BCUT2D eigenvalue weighted by Crippen LogP contribution is 2.19. The fourth-order valence-electron chi connectivity index (χ4n) is 2.70. The first-order valence-electron chi connectivity index (χ1n) is 8.48. The number of carbonyl (C=O) groups is 3. The normalized spacial score (nSPS) is 17.5. The second-order valence-corrected chi connectivity index (χ2v) is 7.75. The van der Waals surface area contributed by atoms with E-state index in [1.807, 2.05) is 13.8 Å². The Kier molecular flexibility index (Phi) is 7.05. The zero-order valence-electron chi connectivity index (χ0n) is 15.3. The number of rotatable bonds is 5. The molecule has 1 atom stereocenters. The monoisotopic (exact) mass is 341 g/mol. The van der Waals surface area contributed by atoms with Crippen LogP contribution in [0.1, 0.15) is 53.9 Å². The van der Waals surface area contributed by atoms with Crippen LogP contribution in [0.5, 0.6) is 0 Å². The summed E-state index contributed by atoms with van der Waals surface area (Å²) >= 11 is 0. The molecule has 0 spiro atoms. The summed E-state index contributed by atoms with van der Waals surface area (Å²) in [7, 11) is 0. The van der Waals surface area contributed by atoms with Crippen molar-refractivity contribution in [2.75, 3.05) is 13.1 Å². The molecule has 0 aromatic rings. The van der Waals surface area contributed by atoms with Gasteiger partial charge in [-0.25, -0.2) is 4.79 Å². The first-order valence-corrected chi connectivity index (χ1v) is 8.48. The Labute approximate surface area is 143 Å². The summed E-state index contributed by atoms with van der Waals surface area (Å²) in [6, 6.07) is -0.667. The fourth-order valence-corrected chi connectivity index (χ4v) is 2.70. The summed E-state index contributed by atoms with van der Waals surface area (Å²) in [5, 5.41) is 13.6. The number of carboxylic acids is 1. The van der Waals surface area contributed by atoms with Crippen LogP contribution >= 0.6 is 0 Å². The molecule has 1 saturated heterocycles. The zero-order chi connectivity index (χ0) is 18.5. The predicted octanol–water partition coefficient (Wildman–Crippen LogP) is 0.914. The molecular formula is C17H29N2O5-. The quantitative estimate of drug-likeness (QED) is 0.801. The number of likely N-dealkylation sites (tertiary alicyclic amines) is 1. The third-order valence-corrected chi connectivity index (χ3v) is 3.84. The number of alkyl carbamates (subject to hydrolysis) is 1. The van der Waals surface area contributed by atoms with Gasteiger partial charge in [0.15, 0.2) is 0 Å². The van der Waals surface area contributed by atoms with Crippen molar-refractivity contribution in [2.45, 2.75) is 65.5 Å². The van der Waals surface area contributed by atoms with E-state index >= 15 is 0 Å². The Morgan fingerprint density at radius 2 is 1.75 bits per heavy atom. The van der Waals surface area contributed by atoms with Crippen molar-refractivity contribution in [1.29, 1.82) is 0 Å². The number of hydrogen-bond donors (Lipinski definition) is 1. The highest BCUT2D eigenvalue weighted by Gasteiger charge is 2.31. The van der Waals surface area contributed by atoms with Gasteiger partial charge in [0.25, 0.3) is 0 Å². The number of nitrogens with zero attached hydrogens (tertiary/aromatic N) is 1. The number of hydrogen-bond acceptors (Lipinski definition) is 5. The SMILES string of the molecule is CC(C)C[C@@H](NC(=O)OC(C)(C)C)C(=O)N1CCC(C(=O)[O-])CC1. The van der Waals surface area contributed by atoms with Crippen molar-refractivity contribution in [3.63, 3.8) is 0 Å². The second-order valence-electron chi connectivity index (χ2n) is 7.75. The lowest BCUT2D eigenvalue weighted by molar-refractivity contribution is -0.312. The topological polar surface area (TPSA) is 98.8 Å². The van der Waals surface area contributed by atoms with Crippen molar-refractivity contribution in [3.8, 4) is 0 Å². The maximum atomic E-state index is 12.7. The molecule has 0 radical (unpaired) electrons. The van der Waals surface area contributed by atoms with Gasteiger partial charge in [-0.3, -0.25) is 4.79 Å². The largest absolute Gasteiger partial charge is 0.550 e. The van der Waals surface area contributed by atoms with Crippen molar-refractivity contribution in [3.05, 3.63) is 0 Å². The molecule has 1 N–H and O–H groups in total. The number of nitrogens with one attached hydrogen (secondary N) is 1. The van der Waals surface area contributed by atoms with Crippen molar-refractivity contribution in [1.82, 2.24) is 10.2 Å². The van der Waals surface area contributed by atoms with Gasteiger partial charge in [-0.15, -0.1) is 0 Å². The average molecular weight is 341 g/mol. The summed E-state index contributed by atoms with van der Waals surface area (Å²) in [5.74, 6) is -1.54. The maximum absolute atomic E-state index is 12.7. The molecular weight excluding hydrogens is 312 g/mol. The van der Waals surface area contributed by atoms with E-state index in [0.29, 0.717) is 32.4 Å². The van der Waals surface area contributed by atoms with E-state index in [-0.39, 0.29) is 11.8 Å². The van der Waals surface area contributed by atoms with Gasteiger partial charge in [-0.05, 0) is 46.0 Å². The number of ether oxygens (including phenoxy) is 1. The van der Waals surface area contributed by atoms with Crippen LogP contribution < -0.4 is 10.4 Å². The van der Waals surface area contributed by atoms with E-state index in [4.69, 9.17) is 4.74 Å². The van der Waals surface area contributed by atoms with Gasteiger partial charge >= 0.3 is 6.09 Å². The number of amides is 2.